The maximum Gasteiger partial charge on any atom is 0.407 e. The fourth-order valence-corrected chi connectivity index (χ4v) is 2.20. The standard InChI is InChI=1S/C16H21N3O2/c1-19(2)6-5-12-9-17-15-4-3-11(8-14(12)15)7-13-10-21-16(20)18-13/h3-4,8-9,13,17H,5-7,10H2,1-2H3,(H,18,20)/t13-/m0/s1/i1D3,2D3,5D2,13D/hD2. The molecule has 2 aromatic rings. The third kappa shape index (κ3) is 3.19. The number of ether oxygens (including phenoxy) is 1. The van der Waals surface area contributed by atoms with E-state index in [0.29, 0.717) is 10.9 Å². The molecule has 2 heterocycles. The molecule has 0 bridgehead atoms. The predicted molar refractivity (Wildman–Crippen MR) is 82.5 cm³/mol. The van der Waals surface area contributed by atoms with Crippen LogP contribution >= 0.6 is 0 Å². The number of rotatable bonds is 5. The van der Waals surface area contributed by atoms with Gasteiger partial charge in [0.25, 0.3) is 0 Å². The number of amides is 1. The number of benzene rings is 1. The van der Waals surface area contributed by atoms with Crippen LogP contribution in [0.3, 0.4) is 0 Å². The molecule has 1 atom stereocenters. The summed E-state index contributed by atoms with van der Waals surface area (Å²) in [5, 5.41) is 0.640. The Morgan fingerprint density at radius 1 is 1.62 bits per heavy atom. The molecule has 112 valence electrons. The number of likely N-dealkylation sites (N-methyl/N-ethyl adjacent to an activating group) is 1. The number of cyclic esters (lactones) is 1. The van der Waals surface area contributed by atoms with Gasteiger partial charge in [-0.3, -0.25) is 0 Å². The van der Waals surface area contributed by atoms with Gasteiger partial charge < -0.3 is 19.9 Å². The molecule has 0 spiro atoms. The average Bonchev–Trinajstić information content (AvgIpc) is 3.10. The maximum absolute atomic E-state index is 11.5. The molecule has 0 saturated carbocycles. The first-order valence-corrected chi connectivity index (χ1v) is 6.33. The van der Waals surface area contributed by atoms with Crippen LogP contribution in [0.25, 0.3) is 10.9 Å². The molecule has 1 saturated heterocycles. The Bertz CT molecular complexity index is 1020. The van der Waals surface area contributed by atoms with E-state index < -0.39 is 39.0 Å². The van der Waals surface area contributed by atoms with Crippen LogP contribution in [-0.2, 0) is 17.5 Å². The van der Waals surface area contributed by atoms with Crippen molar-refractivity contribution in [3.63, 3.8) is 0 Å². The fraction of sp³-hybridized carbons (Fsp3) is 0.438. The minimum Gasteiger partial charge on any atom is -0.447 e. The van der Waals surface area contributed by atoms with E-state index in [1.54, 1.807) is 6.07 Å². The Morgan fingerprint density at radius 3 is 3.29 bits per heavy atom. The van der Waals surface area contributed by atoms with Crippen molar-refractivity contribution in [3.05, 3.63) is 35.5 Å². The first-order valence-electron chi connectivity index (χ1n) is 11.7. The minimum absolute atomic E-state index is 0.0941. The van der Waals surface area contributed by atoms with Crippen LogP contribution in [-0.4, -0.2) is 49.1 Å². The number of carbonyl (C=O) groups is 1. The Balaban J connectivity index is 2.01. The fourth-order valence-electron chi connectivity index (χ4n) is 2.20. The largest absolute Gasteiger partial charge is 0.447 e. The number of aromatic nitrogens is 1. The third-order valence-electron chi connectivity index (χ3n) is 3.13. The number of aromatic amines is 1. The number of carbonyl (C=O) groups excluding carboxylic acids is 1. The normalized spacial score (nSPS) is 31.8. The van der Waals surface area contributed by atoms with Crippen LogP contribution < -0.4 is 5.31 Å². The van der Waals surface area contributed by atoms with Crippen molar-refractivity contribution in [2.24, 2.45) is 0 Å². The van der Waals surface area contributed by atoms with Crippen molar-refractivity contribution in [2.75, 3.05) is 27.1 Å². The van der Waals surface area contributed by atoms with Gasteiger partial charge in [0.1, 0.15) is 6.61 Å². The van der Waals surface area contributed by atoms with Crippen LogP contribution in [0.15, 0.2) is 24.4 Å². The zero-order chi connectivity index (χ0) is 24.3. The lowest BCUT2D eigenvalue weighted by Crippen LogP contribution is -2.28. The molecule has 21 heavy (non-hydrogen) atoms. The molecule has 0 aliphatic carbocycles. The minimum atomic E-state index is -3.08. The molecule has 1 aromatic carbocycles. The van der Waals surface area contributed by atoms with Gasteiger partial charge in [0.05, 0.1) is 7.39 Å². The monoisotopic (exact) mass is 298 g/mol. The van der Waals surface area contributed by atoms with Crippen molar-refractivity contribution in [3.8, 4) is 0 Å². The van der Waals surface area contributed by atoms with Crippen molar-refractivity contribution in [1.29, 1.82) is 0 Å². The van der Waals surface area contributed by atoms with E-state index in [9.17, 15) is 4.79 Å². The molecular formula is C16H21N3O2. The summed E-state index contributed by atoms with van der Waals surface area (Å²) < 4.78 is 90.6. The Morgan fingerprint density at radius 2 is 2.52 bits per heavy atom. The topological polar surface area (TPSA) is 57.4 Å². The van der Waals surface area contributed by atoms with Gasteiger partial charge in [0, 0.05) is 34.6 Å². The maximum atomic E-state index is 11.5. The SMILES string of the molecule is [2H]N1C(=O)OC[C@]1([2H])Cc1ccc2c(c1)c(C([2H])([2H])CN(C([2H])([2H])[2H])C([2H])([2H])[2H])cn2[2H]. The summed E-state index contributed by atoms with van der Waals surface area (Å²) in [6, 6.07) is 2.86. The molecule has 0 radical (unpaired) electrons. The Labute approximate surface area is 139 Å². The van der Waals surface area contributed by atoms with E-state index in [0.717, 1.165) is 11.2 Å². The van der Waals surface area contributed by atoms with E-state index in [4.69, 9.17) is 19.9 Å². The molecule has 1 aromatic heterocycles. The highest BCUT2D eigenvalue weighted by Crippen LogP contribution is 2.21. The van der Waals surface area contributed by atoms with Crippen molar-refractivity contribution >= 4 is 17.0 Å². The Hall–Kier alpha value is -2.01. The lowest BCUT2D eigenvalue weighted by atomic mass is 10.0. The quantitative estimate of drug-likeness (QED) is 0.887. The lowest BCUT2D eigenvalue weighted by Gasteiger charge is -2.09. The molecule has 2 N–H and O–H groups in total. The summed E-state index contributed by atoms with van der Waals surface area (Å²) in [6.45, 7) is -7.46. The van der Waals surface area contributed by atoms with Gasteiger partial charge in [-0.1, -0.05) is 6.07 Å². The summed E-state index contributed by atoms with van der Waals surface area (Å²) in [7, 11) is 0. The zero-order valence-electron chi connectivity index (χ0n) is 22.1. The van der Waals surface area contributed by atoms with Gasteiger partial charge in [-0.15, -0.1) is 0 Å². The molecule has 0 unspecified atom stereocenters. The molecule has 1 aliphatic rings. The molecule has 5 nitrogen and oxygen atoms in total. The number of alkyl carbamates (subject to hydrolysis) is 1. The smallest absolute Gasteiger partial charge is 0.407 e. The number of H-pyrrole nitrogens is 1. The van der Waals surface area contributed by atoms with Gasteiger partial charge in [0.2, 0.25) is 0 Å². The third-order valence-corrected chi connectivity index (χ3v) is 3.13. The number of fused-ring (bicyclic) bond motifs is 1. The summed E-state index contributed by atoms with van der Waals surface area (Å²) in [6.07, 6.45) is -2.38. The van der Waals surface area contributed by atoms with Crippen LogP contribution in [0.5, 0.6) is 0 Å². The summed E-state index contributed by atoms with van der Waals surface area (Å²) in [4.78, 5) is 12.5. The predicted octanol–water partition coefficient (Wildman–Crippen LogP) is 1.92. The number of hydrogen-bond donors (Lipinski definition) is 2. The Kier molecular flexibility index (Phi) is 1.65. The van der Waals surface area contributed by atoms with Crippen LogP contribution in [0.2, 0.25) is 2.82 Å². The highest BCUT2D eigenvalue weighted by atomic mass is 16.6. The van der Waals surface area contributed by atoms with Gasteiger partial charge in [-0.05, 0) is 50.0 Å². The molecule has 1 fully saturated rings. The van der Waals surface area contributed by atoms with E-state index in [2.05, 4.69) is 0 Å². The van der Waals surface area contributed by atoms with Crippen molar-refractivity contribution in [2.45, 2.75) is 18.8 Å². The van der Waals surface area contributed by atoms with E-state index in [1.807, 2.05) is 0 Å². The number of nitrogens with zero attached hydrogens (tertiary/aromatic N) is 1. The summed E-state index contributed by atoms with van der Waals surface area (Å²) in [5.41, 5.74) is 0.639. The first kappa shape index (κ1) is 6.01. The molecular weight excluding hydrogens is 266 g/mol. The summed E-state index contributed by atoms with van der Waals surface area (Å²) >= 11 is 0. The van der Waals surface area contributed by atoms with Gasteiger partial charge >= 0.3 is 6.09 Å². The number of nitrogens with one attached hydrogen (secondary N) is 2. The molecule has 3 rings (SSSR count). The second kappa shape index (κ2) is 5.77. The zero-order valence-corrected chi connectivity index (χ0v) is 11.1. The van der Waals surface area contributed by atoms with Crippen LogP contribution in [0.1, 0.15) is 23.5 Å². The van der Waals surface area contributed by atoms with Crippen LogP contribution in [0.4, 0.5) is 4.79 Å². The second-order valence-corrected chi connectivity index (χ2v) is 4.70. The molecule has 1 amide bonds. The highest BCUT2D eigenvalue weighted by molar-refractivity contribution is 5.84. The van der Waals surface area contributed by atoms with E-state index in [1.165, 1.54) is 12.1 Å². The van der Waals surface area contributed by atoms with Gasteiger partial charge in [-0.25, -0.2) is 4.79 Å². The lowest BCUT2D eigenvalue weighted by molar-refractivity contribution is 0.177. The van der Waals surface area contributed by atoms with E-state index in [-0.39, 0.29) is 34.4 Å². The molecule has 1 aliphatic heterocycles. The molecule has 5 heteroatoms. The number of hydrogen-bond acceptors (Lipinski definition) is 3. The summed E-state index contributed by atoms with van der Waals surface area (Å²) in [5.74, 6) is 0. The first-order chi connectivity index (χ1) is 14.5. The van der Waals surface area contributed by atoms with Crippen LogP contribution in [0, 0.1) is 0 Å². The van der Waals surface area contributed by atoms with E-state index >= 15 is 0 Å². The van der Waals surface area contributed by atoms with Gasteiger partial charge in [-0.2, -0.15) is 0 Å². The average molecular weight is 298 g/mol. The van der Waals surface area contributed by atoms with Crippen molar-refractivity contribution < 1.29 is 24.7 Å². The second-order valence-electron chi connectivity index (χ2n) is 4.70. The van der Waals surface area contributed by atoms with Crippen molar-refractivity contribution in [1.82, 2.24) is 15.2 Å². The highest BCUT2D eigenvalue weighted by Gasteiger charge is 2.22. The van der Waals surface area contributed by atoms with Gasteiger partial charge in [0.15, 0.2) is 2.82 Å².